The monoisotopic (exact) mass is 714 g/mol. The summed E-state index contributed by atoms with van der Waals surface area (Å²) in [5.41, 5.74) is 14.2. The SMILES string of the molecule is C/C=c1/c(N(c2cccc3ccccc23)C2C=CC=C3C=CC=CC3(C)C2)ccc/c1=C(/C)C1=CC2=C(CC1)N/C=C1/C=C\C=C/c3c2cccc3C1(C)C. The highest BCUT2D eigenvalue weighted by molar-refractivity contribution is 5.97. The van der Waals surface area contributed by atoms with Crippen molar-refractivity contribution in [3.63, 3.8) is 0 Å². The number of fused-ring (bicyclic) bond motifs is 4. The maximum absolute atomic E-state index is 3.81. The number of benzene rings is 4. The Kier molecular flexibility index (Phi) is 8.73. The summed E-state index contributed by atoms with van der Waals surface area (Å²) < 4.78 is 0. The molecule has 1 N–H and O–H groups in total. The Morgan fingerprint density at radius 1 is 0.782 bits per heavy atom. The highest BCUT2D eigenvalue weighted by atomic mass is 15.2. The van der Waals surface area contributed by atoms with Crippen LogP contribution in [0.5, 0.6) is 0 Å². The number of allylic oxidation sites excluding steroid dienone is 15. The predicted molar refractivity (Wildman–Crippen MR) is 236 cm³/mol. The van der Waals surface area contributed by atoms with Crippen molar-refractivity contribution in [2.75, 3.05) is 4.90 Å². The number of nitrogens with zero attached hydrogens (tertiary/aromatic N) is 1. The van der Waals surface area contributed by atoms with Crippen LogP contribution in [0.3, 0.4) is 0 Å². The molecule has 0 spiro atoms. The minimum atomic E-state index is -0.128. The van der Waals surface area contributed by atoms with E-state index >= 15 is 0 Å². The van der Waals surface area contributed by atoms with Crippen molar-refractivity contribution in [3.8, 4) is 0 Å². The van der Waals surface area contributed by atoms with Gasteiger partial charge in [0, 0.05) is 50.3 Å². The summed E-state index contributed by atoms with van der Waals surface area (Å²) in [6.07, 6.45) is 34.9. The average Bonchev–Trinajstić information content (AvgIpc) is 3.39. The van der Waals surface area contributed by atoms with Crippen LogP contribution in [0.25, 0.3) is 34.1 Å². The lowest BCUT2D eigenvalue weighted by molar-refractivity contribution is 0.450. The lowest BCUT2D eigenvalue weighted by Gasteiger charge is -2.38. The van der Waals surface area contributed by atoms with Crippen LogP contribution in [0.2, 0.25) is 0 Å². The largest absolute Gasteiger partial charge is 0.364 e. The van der Waals surface area contributed by atoms with Crippen molar-refractivity contribution in [1.29, 1.82) is 0 Å². The maximum Gasteiger partial charge on any atom is 0.0537 e. The second-order valence-corrected chi connectivity index (χ2v) is 16.4. The van der Waals surface area contributed by atoms with Crippen LogP contribution in [-0.2, 0) is 5.41 Å². The molecule has 5 aliphatic rings. The van der Waals surface area contributed by atoms with E-state index in [9.17, 15) is 0 Å². The van der Waals surface area contributed by atoms with Gasteiger partial charge in [0.05, 0.1) is 6.04 Å². The lowest BCUT2D eigenvalue weighted by atomic mass is 9.73. The second-order valence-electron chi connectivity index (χ2n) is 16.4. The van der Waals surface area contributed by atoms with Crippen molar-refractivity contribution in [2.24, 2.45) is 5.41 Å². The van der Waals surface area contributed by atoms with Gasteiger partial charge in [-0.2, -0.15) is 0 Å². The molecule has 0 aromatic heterocycles. The highest BCUT2D eigenvalue weighted by Crippen LogP contribution is 2.45. The molecule has 0 amide bonds. The summed E-state index contributed by atoms with van der Waals surface area (Å²) in [6.45, 7) is 11.6. The Balaban J connectivity index is 1.23. The highest BCUT2D eigenvalue weighted by Gasteiger charge is 2.34. The molecule has 1 aliphatic heterocycles. The minimum Gasteiger partial charge on any atom is -0.364 e. The van der Waals surface area contributed by atoms with Crippen LogP contribution in [0.1, 0.15) is 70.6 Å². The molecular weight excluding hydrogens is 665 g/mol. The second kappa shape index (κ2) is 13.8. The first-order valence-corrected chi connectivity index (χ1v) is 19.9. The Hall–Kier alpha value is -5.86. The minimum absolute atomic E-state index is 0.0730. The quantitative estimate of drug-likeness (QED) is 0.226. The molecule has 0 saturated heterocycles. The Labute approximate surface area is 326 Å². The van der Waals surface area contributed by atoms with Crippen molar-refractivity contribution in [2.45, 2.75) is 65.3 Å². The van der Waals surface area contributed by atoms with Crippen LogP contribution >= 0.6 is 0 Å². The van der Waals surface area contributed by atoms with Crippen LogP contribution < -0.4 is 20.7 Å². The summed E-state index contributed by atoms with van der Waals surface area (Å²) in [5.74, 6) is 0. The third-order valence-electron chi connectivity index (χ3n) is 12.8. The molecule has 2 nitrogen and oxygen atoms in total. The molecule has 1 heterocycles. The van der Waals surface area contributed by atoms with E-state index in [0.29, 0.717) is 0 Å². The van der Waals surface area contributed by atoms with Crippen LogP contribution in [-0.4, -0.2) is 6.04 Å². The van der Waals surface area contributed by atoms with Crippen molar-refractivity contribution in [3.05, 3.63) is 201 Å². The fraction of sp³-hybridized carbons (Fsp3) is 0.208. The van der Waals surface area contributed by atoms with Gasteiger partial charge < -0.3 is 10.2 Å². The van der Waals surface area contributed by atoms with Gasteiger partial charge in [0.25, 0.3) is 0 Å². The van der Waals surface area contributed by atoms with Crippen LogP contribution in [0.15, 0.2) is 174 Å². The van der Waals surface area contributed by atoms with Crippen molar-refractivity contribution >= 4 is 45.4 Å². The molecular formula is C53H50N2. The smallest absolute Gasteiger partial charge is 0.0537 e. The molecule has 2 atom stereocenters. The van der Waals surface area contributed by atoms with Gasteiger partial charge in [-0.15, -0.1) is 0 Å². The van der Waals surface area contributed by atoms with E-state index < -0.39 is 0 Å². The van der Waals surface area contributed by atoms with E-state index in [2.05, 4.69) is 209 Å². The first-order valence-electron chi connectivity index (χ1n) is 19.9. The molecule has 0 saturated carbocycles. The Morgan fingerprint density at radius 2 is 1.55 bits per heavy atom. The Morgan fingerprint density at radius 3 is 2.44 bits per heavy atom. The van der Waals surface area contributed by atoms with Gasteiger partial charge in [-0.1, -0.05) is 160 Å². The Bertz CT molecular complexity index is 2660. The number of rotatable bonds is 4. The maximum atomic E-state index is 3.81. The molecule has 9 rings (SSSR count). The molecule has 0 radical (unpaired) electrons. The van der Waals surface area contributed by atoms with Crippen LogP contribution in [0, 0.1) is 5.41 Å². The van der Waals surface area contributed by atoms with Gasteiger partial charge in [0.15, 0.2) is 0 Å². The van der Waals surface area contributed by atoms with Crippen molar-refractivity contribution in [1.82, 2.24) is 5.32 Å². The third kappa shape index (κ3) is 5.96. The lowest BCUT2D eigenvalue weighted by Crippen LogP contribution is -2.40. The summed E-state index contributed by atoms with van der Waals surface area (Å²) in [5, 5.41) is 8.90. The van der Waals surface area contributed by atoms with E-state index in [1.165, 1.54) is 82.8 Å². The van der Waals surface area contributed by atoms with Gasteiger partial charge in [-0.3, -0.25) is 0 Å². The molecule has 0 fully saturated rings. The number of nitrogens with one attached hydrogen (secondary N) is 1. The normalized spacial score (nSPS) is 25.0. The molecule has 4 aromatic carbocycles. The fourth-order valence-corrected chi connectivity index (χ4v) is 9.59. The zero-order valence-electron chi connectivity index (χ0n) is 32.7. The van der Waals surface area contributed by atoms with Gasteiger partial charge in [-0.25, -0.2) is 0 Å². The van der Waals surface area contributed by atoms with Gasteiger partial charge in [0.2, 0.25) is 0 Å². The molecule has 4 aromatic rings. The zero-order valence-corrected chi connectivity index (χ0v) is 32.7. The number of hydrogen-bond donors (Lipinski definition) is 1. The van der Waals surface area contributed by atoms with E-state index in [1.54, 1.807) is 0 Å². The molecule has 2 unspecified atom stereocenters. The van der Waals surface area contributed by atoms with E-state index in [-0.39, 0.29) is 16.9 Å². The predicted octanol–water partition coefficient (Wildman–Crippen LogP) is 11.8. The molecule has 2 heteroatoms. The first-order chi connectivity index (χ1) is 26.8. The van der Waals surface area contributed by atoms with Crippen molar-refractivity contribution < 1.29 is 0 Å². The number of anilines is 2. The van der Waals surface area contributed by atoms with Gasteiger partial charge in [0.1, 0.15) is 0 Å². The van der Waals surface area contributed by atoms with E-state index in [1.807, 2.05) is 0 Å². The number of hydrogen-bond acceptors (Lipinski definition) is 2. The van der Waals surface area contributed by atoms with E-state index in [0.717, 1.165) is 19.3 Å². The standard InChI is InChI=1S/C53H50N2/c1-6-42-43(36(2)38-30-31-49-47(33-38)45-26-15-27-48-46(45)24-10-8-20-40(35-54-49)52(48,3)4)25-16-29-50(42)55(51-28-13-18-37-17-7-9-23-44(37)51)41-22-14-21-39-19-11-12-32-53(39,5)34-41/h6-29,32-33,35,41,54H,30-31,34H2,1-5H3/b20-8-,24-10-,40-35-,42-6+,43-36+. The zero-order chi connectivity index (χ0) is 37.7. The third-order valence-corrected chi connectivity index (χ3v) is 12.8. The first kappa shape index (κ1) is 34.9. The topological polar surface area (TPSA) is 15.3 Å². The van der Waals surface area contributed by atoms with Gasteiger partial charge in [-0.05, 0) is 101 Å². The molecule has 272 valence electrons. The molecule has 55 heavy (non-hydrogen) atoms. The molecule has 4 aliphatic carbocycles. The van der Waals surface area contributed by atoms with Gasteiger partial charge >= 0.3 is 0 Å². The summed E-state index contributed by atoms with van der Waals surface area (Å²) in [4.78, 5) is 2.63. The fourth-order valence-electron chi connectivity index (χ4n) is 9.59. The average molecular weight is 715 g/mol. The molecule has 4 bridgehead atoms. The van der Waals surface area contributed by atoms with Crippen LogP contribution in [0.4, 0.5) is 11.4 Å². The van der Waals surface area contributed by atoms with E-state index in [4.69, 9.17) is 0 Å². The summed E-state index contributed by atoms with van der Waals surface area (Å²) in [6, 6.07) is 29.5. The summed E-state index contributed by atoms with van der Waals surface area (Å²) in [7, 11) is 0. The summed E-state index contributed by atoms with van der Waals surface area (Å²) >= 11 is 0.